The first-order chi connectivity index (χ1) is 8.65. The fourth-order valence-corrected chi connectivity index (χ4v) is 2.64. The molecule has 2 N–H and O–H groups in total. The van der Waals surface area contributed by atoms with E-state index in [4.69, 9.17) is 11.6 Å². The van der Waals surface area contributed by atoms with Gasteiger partial charge < -0.3 is 10.6 Å². The minimum atomic E-state index is -0.0175. The maximum atomic E-state index is 11.7. The van der Waals surface area contributed by atoms with E-state index in [-0.39, 0.29) is 5.91 Å². The topological polar surface area (TPSA) is 41.1 Å². The Morgan fingerprint density at radius 1 is 1.39 bits per heavy atom. The smallest absolute Gasteiger partial charge is 0.238 e. The number of halogens is 2. The van der Waals surface area contributed by atoms with Crippen LogP contribution in [0.25, 0.3) is 0 Å². The molecule has 1 aliphatic carbocycles. The molecule has 1 fully saturated rings. The van der Waals surface area contributed by atoms with E-state index in [2.05, 4.69) is 26.6 Å². The highest BCUT2D eigenvalue weighted by molar-refractivity contribution is 9.10. The van der Waals surface area contributed by atoms with E-state index in [1.54, 1.807) is 18.2 Å². The summed E-state index contributed by atoms with van der Waals surface area (Å²) < 4.78 is 0.783. The highest BCUT2D eigenvalue weighted by Crippen LogP contribution is 2.25. The molecule has 0 aliphatic heterocycles. The molecular weight excluding hydrogens is 316 g/mol. The highest BCUT2D eigenvalue weighted by atomic mass is 79.9. The van der Waals surface area contributed by atoms with Gasteiger partial charge in [-0.1, -0.05) is 24.4 Å². The molecule has 1 aromatic carbocycles. The van der Waals surface area contributed by atoms with Gasteiger partial charge in [-0.3, -0.25) is 4.79 Å². The first kappa shape index (κ1) is 13.8. The number of anilines is 1. The number of benzene rings is 1. The second kappa shape index (κ2) is 6.55. The molecule has 18 heavy (non-hydrogen) atoms. The summed E-state index contributed by atoms with van der Waals surface area (Å²) in [5.41, 5.74) is 0.754. The van der Waals surface area contributed by atoms with Gasteiger partial charge in [-0.15, -0.1) is 0 Å². The van der Waals surface area contributed by atoms with Crippen molar-refractivity contribution in [2.24, 2.45) is 0 Å². The summed E-state index contributed by atoms with van der Waals surface area (Å²) >= 11 is 9.22. The van der Waals surface area contributed by atoms with E-state index >= 15 is 0 Å². The van der Waals surface area contributed by atoms with Gasteiger partial charge in [0, 0.05) is 16.2 Å². The van der Waals surface area contributed by atoms with Crippen LogP contribution in [0.3, 0.4) is 0 Å². The molecule has 1 aliphatic rings. The van der Waals surface area contributed by atoms with Crippen molar-refractivity contribution >= 4 is 39.1 Å². The molecule has 5 heteroatoms. The molecule has 0 bridgehead atoms. The average molecular weight is 332 g/mol. The van der Waals surface area contributed by atoms with Crippen LogP contribution in [-0.2, 0) is 4.79 Å². The predicted molar refractivity (Wildman–Crippen MR) is 78.0 cm³/mol. The van der Waals surface area contributed by atoms with Crippen LogP contribution >= 0.6 is 27.5 Å². The summed E-state index contributed by atoms with van der Waals surface area (Å²) in [4.78, 5) is 11.7. The number of carbonyl (C=O) groups excluding carboxylic acids is 1. The molecule has 0 radical (unpaired) electrons. The zero-order valence-corrected chi connectivity index (χ0v) is 12.4. The van der Waals surface area contributed by atoms with Crippen LogP contribution in [0.2, 0.25) is 5.02 Å². The van der Waals surface area contributed by atoms with Gasteiger partial charge in [-0.25, -0.2) is 0 Å². The molecule has 1 amide bonds. The number of amides is 1. The molecule has 1 saturated carbocycles. The van der Waals surface area contributed by atoms with Crippen LogP contribution < -0.4 is 10.6 Å². The molecule has 0 aromatic heterocycles. The monoisotopic (exact) mass is 330 g/mol. The second-order valence-electron chi connectivity index (χ2n) is 4.54. The number of rotatable bonds is 4. The third kappa shape index (κ3) is 3.97. The summed E-state index contributed by atoms with van der Waals surface area (Å²) in [6.45, 7) is 0.366. The first-order valence-corrected chi connectivity index (χ1v) is 7.30. The summed E-state index contributed by atoms with van der Waals surface area (Å²) in [5, 5.41) is 6.76. The van der Waals surface area contributed by atoms with Crippen LogP contribution in [0, 0.1) is 0 Å². The van der Waals surface area contributed by atoms with Crippen molar-refractivity contribution in [1.29, 1.82) is 0 Å². The maximum absolute atomic E-state index is 11.7. The Hall–Kier alpha value is -0.580. The lowest BCUT2D eigenvalue weighted by molar-refractivity contribution is -0.115. The van der Waals surface area contributed by atoms with Crippen LogP contribution in [0.4, 0.5) is 5.69 Å². The Balaban J connectivity index is 1.80. The Morgan fingerprint density at radius 2 is 2.11 bits per heavy atom. The van der Waals surface area contributed by atoms with E-state index in [1.807, 2.05) is 0 Å². The van der Waals surface area contributed by atoms with Crippen molar-refractivity contribution in [2.75, 3.05) is 11.9 Å². The minimum Gasteiger partial charge on any atom is -0.325 e. The molecule has 0 unspecified atom stereocenters. The average Bonchev–Trinajstić information content (AvgIpc) is 2.84. The van der Waals surface area contributed by atoms with Crippen LogP contribution in [0.5, 0.6) is 0 Å². The lowest BCUT2D eigenvalue weighted by atomic mass is 10.2. The molecule has 0 atom stereocenters. The van der Waals surface area contributed by atoms with E-state index < -0.39 is 0 Å². The Morgan fingerprint density at radius 3 is 2.78 bits per heavy atom. The van der Waals surface area contributed by atoms with Gasteiger partial charge in [-0.2, -0.15) is 0 Å². The van der Waals surface area contributed by atoms with Crippen molar-refractivity contribution in [3.05, 3.63) is 27.7 Å². The Kier molecular flexibility index (Phi) is 5.03. The van der Waals surface area contributed by atoms with Gasteiger partial charge in [-0.05, 0) is 47.0 Å². The summed E-state index contributed by atoms with van der Waals surface area (Å²) in [7, 11) is 0. The van der Waals surface area contributed by atoms with Gasteiger partial charge in [0.25, 0.3) is 0 Å². The van der Waals surface area contributed by atoms with Gasteiger partial charge >= 0.3 is 0 Å². The zero-order valence-electron chi connectivity index (χ0n) is 10.0. The number of nitrogens with one attached hydrogen (secondary N) is 2. The zero-order chi connectivity index (χ0) is 13.0. The minimum absolute atomic E-state index is 0.0175. The fraction of sp³-hybridized carbons (Fsp3) is 0.462. The number of hydrogen-bond donors (Lipinski definition) is 2. The van der Waals surface area contributed by atoms with Gasteiger partial charge in [0.05, 0.1) is 11.6 Å². The standard InChI is InChI=1S/C13H16BrClN2O/c14-11-7-10(5-6-12(11)15)17-13(18)8-16-9-3-1-2-4-9/h5-7,9,16H,1-4,8H2,(H,17,18). The lowest BCUT2D eigenvalue weighted by Crippen LogP contribution is -2.34. The summed E-state index contributed by atoms with van der Waals surface area (Å²) in [6, 6.07) is 5.86. The SMILES string of the molecule is O=C(CNC1CCCC1)Nc1ccc(Cl)c(Br)c1. The molecule has 3 nitrogen and oxygen atoms in total. The van der Waals surface area contributed by atoms with Crippen molar-refractivity contribution < 1.29 is 4.79 Å². The van der Waals surface area contributed by atoms with Crippen LogP contribution in [0.15, 0.2) is 22.7 Å². The predicted octanol–water partition coefficient (Wildman–Crippen LogP) is 3.57. The van der Waals surface area contributed by atoms with Crippen molar-refractivity contribution in [1.82, 2.24) is 5.32 Å². The van der Waals surface area contributed by atoms with Crippen LogP contribution in [-0.4, -0.2) is 18.5 Å². The quantitative estimate of drug-likeness (QED) is 0.885. The number of hydrogen-bond acceptors (Lipinski definition) is 2. The maximum Gasteiger partial charge on any atom is 0.238 e. The number of carbonyl (C=O) groups is 1. The molecule has 98 valence electrons. The van der Waals surface area contributed by atoms with E-state index in [0.717, 1.165) is 10.2 Å². The van der Waals surface area contributed by atoms with Gasteiger partial charge in [0.1, 0.15) is 0 Å². The molecular formula is C13H16BrClN2O. The third-order valence-electron chi connectivity index (χ3n) is 3.11. The largest absolute Gasteiger partial charge is 0.325 e. The van der Waals surface area contributed by atoms with Crippen molar-refractivity contribution in [2.45, 2.75) is 31.7 Å². The molecule has 0 saturated heterocycles. The summed E-state index contributed by atoms with van der Waals surface area (Å²) in [6.07, 6.45) is 4.90. The van der Waals surface area contributed by atoms with Crippen molar-refractivity contribution in [3.63, 3.8) is 0 Å². The van der Waals surface area contributed by atoms with E-state index in [9.17, 15) is 4.79 Å². The van der Waals surface area contributed by atoms with E-state index in [1.165, 1.54) is 25.7 Å². The van der Waals surface area contributed by atoms with Gasteiger partial charge in [0.2, 0.25) is 5.91 Å². The molecule has 2 rings (SSSR count). The summed E-state index contributed by atoms with van der Waals surface area (Å²) in [5.74, 6) is -0.0175. The third-order valence-corrected chi connectivity index (χ3v) is 4.32. The molecule has 0 heterocycles. The van der Waals surface area contributed by atoms with Crippen LogP contribution in [0.1, 0.15) is 25.7 Å². The first-order valence-electron chi connectivity index (χ1n) is 6.13. The fourth-order valence-electron chi connectivity index (χ4n) is 2.15. The second-order valence-corrected chi connectivity index (χ2v) is 5.80. The van der Waals surface area contributed by atoms with Crippen molar-refractivity contribution in [3.8, 4) is 0 Å². The Labute approximate surface area is 120 Å². The Bertz CT molecular complexity index is 433. The lowest BCUT2D eigenvalue weighted by Gasteiger charge is -2.12. The molecule has 0 spiro atoms. The van der Waals surface area contributed by atoms with Gasteiger partial charge in [0.15, 0.2) is 0 Å². The van der Waals surface area contributed by atoms with E-state index in [0.29, 0.717) is 17.6 Å². The normalized spacial score (nSPS) is 15.9. The molecule has 1 aromatic rings. The highest BCUT2D eigenvalue weighted by Gasteiger charge is 2.15.